The number of benzene rings is 2. The van der Waals surface area contributed by atoms with Crippen LogP contribution in [0, 0.1) is 11.6 Å². The standard InChI is InChI=1S/C19H19F2NO3/c20-16-8-5-14(11-17(16)21)18(23)12-25-15-6-3-13(4-7-15)19(24)22-9-1-2-10-22/h3-8,11,18,23H,1-2,9-10,12H2. The molecule has 1 aliphatic heterocycles. The summed E-state index contributed by atoms with van der Waals surface area (Å²) < 4.78 is 31.6. The molecule has 1 fully saturated rings. The van der Waals surface area contributed by atoms with Crippen molar-refractivity contribution in [2.24, 2.45) is 0 Å². The molecule has 0 spiro atoms. The molecule has 0 aromatic heterocycles. The van der Waals surface area contributed by atoms with Gasteiger partial charge in [-0.2, -0.15) is 0 Å². The van der Waals surface area contributed by atoms with E-state index in [9.17, 15) is 18.7 Å². The second-order valence-corrected chi connectivity index (χ2v) is 6.02. The van der Waals surface area contributed by atoms with E-state index in [0.717, 1.165) is 38.1 Å². The Morgan fingerprint density at radius 1 is 1.08 bits per heavy atom. The number of rotatable bonds is 5. The second-order valence-electron chi connectivity index (χ2n) is 6.02. The van der Waals surface area contributed by atoms with Crippen molar-refractivity contribution in [1.29, 1.82) is 0 Å². The van der Waals surface area contributed by atoms with Crippen molar-refractivity contribution in [3.05, 3.63) is 65.2 Å². The van der Waals surface area contributed by atoms with Crippen LogP contribution in [-0.4, -0.2) is 35.6 Å². The molecule has 0 aliphatic carbocycles. The molecule has 1 N–H and O–H groups in total. The quantitative estimate of drug-likeness (QED) is 0.903. The van der Waals surface area contributed by atoms with E-state index in [1.807, 2.05) is 4.90 Å². The van der Waals surface area contributed by atoms with Crippen LogP contribution in [0.1, 0.15) is 34.9 Å². The van der Waals surface area contributed by atoms with Crippen LogP contribution in [0.25, 0.3) is 0 Å². The maximum atomic E-state index is 13.2. The van der Waals surface area contributed by atoms with Crippen molar-refractivity contribution in [3.63, 3.8) is 0 Å². The Balaban J connectivity index is 1.57. The Morgan fingerprint density at radius 2 is 1.76 bits per heavy atom. The zero-order valence-corrected chi connectivity index (χ0v) is 13.6. The molecule has 1 aliphatic rings. The van der Waals surface area contributed by atoms with Crippen molar-refractivity contribution in [1.82, 2.24) is 4.90 Å². The lowest BCUT2D eigenvalue weighted by atomic mass is 10.1. The van der Waals surface area contributed by atoms with Crippen molar-refractivity contribution in [2.75, 3.05) is 19.7 Å². The van der Waals surface area contributed by atoms with Gasteiger partial charge in [-0.3, -0.25) is 4.79 Å². The van der Waals surface area contributed by atoms with Gasteiger partial charge in [0.15, 0.2) is 11.6 Å². The van der Waals surface area contributed by atoms with Gasteiger partial charge in [-0.1, -0.05) is 6.07 Å². The highest BCUT2D eigenvalue weighted by molar-refractivity contribution is 5.94. The number of amides is 1. The zero-order valence-electron chi connectivity index (χ0n) is 13.6. The first-order chi connectivity index (χ1) is 12.0. The molecule has 1 atom stereocenters. The molecular weight excluding hydrogens is 328 g/mol. The van der Waals surface area contributed by atoms with E-state index in [2.05, 4.69) is 0 Å². The van der Waals surface area contributed by atoms with Crippen molar-refractivity contribution in [3.8, 4) is 5.75 Å². The fourth-order valence-corrected chi connectivity index (χ4v) is 2.79. The Labute approximate surface area is 144 Å². The minimum Gasteiger partial charge on any atom is -0.491 e. The van der Waals surface area contributed by atoms with Crippen LogP contribution in [0.3, 0.4) is 0 Å². The second kappa shape index (κ2) is 7.61. The summed E-state index contributed by atoms with van der Waals surface area (Å²) >= 11 is 0. The van der Waals surface area contributed by atoms with Gasteiger partial charge in [0.2, 0.25) is 0 Å². The number of aliphatic hydroxyl groups excluding tert-OH is 1. The lowest BCUT2D eigenvalue weighted by Gasteiger charge is -2.16. The van der Waals surface area contributed by atoms with Gasteiger partial charge >= 0.3 is 0 Å². The summed E-state index contributed by atoms with van der Waals surface area (Å²) in [4.78, 5) is 14.1. The van der Waals surface area contributed by atoms with E-state index in [4.69, 9.17) is 4.74 Å². The predicted octanol–water partition coefficient (Wildman–Crippen LogP) is 3.31. The number of carbonyl (C=O) groups is 1. The van der Waals surface area contributed by atoms with Crippen LogP contribution in [0.2, 0.25) is 0 Å². The van der Waals surface area contributed by atoms with Crippen LogP contribution >= 0.6 is 0 Å². The van der Waals surface area contributed by atoms with E-state index in [0.29, 0.717) is 11.3 Å². The summed E-state index contributed by atoms with van der Waals surface area (Å²) in [7, 11) is 0. The average Bonchev–Trinajstić information content (AvgIpc) is 3.16. The largest absolute Gasteiger partial charge is 0.491 e. The summed E-state index contributed by atoms with van der Waals surface area (Å²) in [6.45, 7) is 1.47. The molecule has 1 heterocycles. The SMILES string of the molecule is O=C(c1ccc(OCC(O)c2ccc(F)c(F)c2)cc1)N1CCCC1. The number of likely N-dealkylation sites (tertiary alicyclic amines) is 1. The number of halogens is 2. The Hall–Kier alpha value is -2.47. The third-order valence-electron chi connectivity index (χ3n) is 4.23. The van der Waals surface area contributed by atoms with Gasteiger partial charge in [0.05, 0.1) is 0 Å². The van der Waals surface area contributed by atoms with Crippen molar-refractivity contribution in [2.45, 2.75) is 18.9 Å². The highest BCUT2D eigenvalue weighted by atomic mass is 19.2. The summed E-state index contributed by atoms with van der Waals surface area (Å²) in [5.74, 6) is -1.48. The normalized spacial score (nSPS) is 15.2. The monoisotopic (exact) mass is 347 g/mol. The average molecular weight is 347 g/mol. The molecule has 0 radical (unpaired) electrons. The Kier molecular flexibility index (Phi) is 5.28. The molecule has 4 nitrogen and oxygen atoms in total. The van der Waals surface area contributed by atoms with Gasteiger partial charge < -0.3 is 14.7 Å². The Morgan fingerprint density at radius 3 is 2.40 bits per heavy atom. The van der Waals surface area contributed by atoms with Crippen LogP contribution in [0.15, 0.2) is 42.5 Å². The number of hydrogen-bond donors (Lipinski definition) is 1. The maximum Gasteiger partial charge on any atom is 0.253 e. The van der Waals surface area contributed by atoms with Gasteiger partial charge in [-0.25, -0.2) is 8.78 Å². The van der Waals surface area contributed by atoms with E-state index < -0.39 is 17.7 Å². The third-order valence-corrected chi connectivity index (χ3v) is 4.23. The summed E-state index contributed by atoms with van der Waals surface area (Å²) in [6, 6.07) is 9.89. The van der Waals surface area contributed by atoms with Crippen molar-refractivity contribution < 1.29 is 23.4 Å². The molecule has 6 heteroatoms. The fraction of sp³-hybridized carbons (Fsp3) is 0.316. The zero-order chi connectivity index (χ0) is 17.8. The van der Waals surface area contributed by atoms with E-state index in [1.165, 1.54) is 6.07 Å². The summed E-state index contributed by atoms with van der Waals surface area (Å²) in [5, 5.41) is 10.0. The first kappa shape index (κ1) is 17.4. The van der Waals surface area contributed by atoms with Gasteiger partial charge in [0.25, 0.3) is 5.91 Å². The van der Waals surface area contributed by atoms with Gasteiger partial charge in [-0.05, 0) is 54.8 Å². The van der Waals surface area contributed by atoms with Crippen LogP contribution in [-0.2, 0) is 0 Å². The molecule has 1 saturated heterocycles. The molecule has 25 heavy (non-hydrogen) atoms. The number of aliphatic hydroxyl groups is 1. The molecule has 1 amide bonds. The molecule has 132 valence electrons. The molecule has 3 rings (SSSR count). The van der Waals surface area contributed by atoms with E-state index >= 15 is 0 Å². The van der Waals surface area contributed by atoms with E-state index in [1.54, 1.807) is 24.3 Å². The van der Waals surface area contributed by atoms with Gasteiger partial charge in [0, 0.05) is 18.7 Å². The number of carbonyl (C=O) groups excluding carboxylic acids is 1. The number of ether oxygens (including phenoxy) is 1. The van der Waals surface area contributed by atoms with Crippen LogP contribution in [0.5, 0.6) is 5.75 Å². The molecule has 2 aromatic carbocycles. The maximum absolute atomic E-state index is 13.2. The minimum atomic E-state index is -1.08. The molecule has 0 saturated carbocycles. The highest BCUT2D eigenvalue weighted by Gasteiger charge is 2.19. The summed E-state index contributed by atoms with van der Waals surface area (Å²) in [6.07, 6.45) is 0.991. The van der Waals surface area contributed by atoms with E-state index in [-0.39, 0.29) is 18.1 Å². The first-order valence-electron chi connectivity index (χ1n) is 8.20. The number of nitrogens with zero attached hydrogens (tertiary/aromatic N) is 1. The van der Waals surface area contributed by atoms with Gasteiger partial charge in [-0.15, -0.1) is 0 Å². The fourth-order valence-electron chi connectivity index (χ4n) is 2.79. The smallest absolute Gasteiger partial charge is 0.253 e. The van der Waals surface area contributed by atoms with Gasteiger partial charge in [0.1, 0.15) is 18.5 Å². The molecule has 1 unspecified atom stereocenters. The molecule has 2 aromatic rings. The van der Waals surface area contributed by atoms with Crippen LogP contribution < -0.4 is 4.74 Å². The molecular formula is C19H19F2NO3. The minimum absolute atomic E-state index is 0.00544. The molecule has 0 bridgehead atoms. The predicted molar refractivity (Wildman–Crippen MR) is 88.4 cm³/mol. The third kappa shape index (κ3) is 4.14. The number of hydrogen-bond acceptors (Lipinski definition) is 3. The summed E-state index contributed by atoms with van der Waals surface area (Å²) in [5.41, 5.74) is 0.829. The highest BCUT2D eigenvalue weighted by Crippen LogP contribution is 2.20. The lowest BCUT2D eigenvalue weighted by Crippen LogP contribution is -2.27. The first-order valence-corrected chi connectivity index (χ1v) is 8.20. The Bertz CT molecular complexity index is 743. The lowest BCUT2D eigenvalue weighted by molar-refractivity contribution is 0.0792. The topological polar surface area (TPSA) is 49.8 Å². The van der Waals surface area contributed by atoms with Crippen molar-refractivity contribution >= 4 is 5.91 Å². The van der Waals surface area contributed by atoms with Crippen LogP contribution in [0.4, 0.5) is 8.78 Å².